The van der Waals surface area contributed by atoms with Gasteiger partial charge in [0, 0.05) is 17.7 Å². The van der Waals surface area contributed by atoms with E-state index in [4.69, 9.17) is 9.47 Å². The fourth-order valence-corrected chi connectivity index (χ4v) is 6.37. The van der Waals surface area contributed by atoms with E-state index in [1.165, 1.54) is 14.7 Å². The van der Waals surface area contributed by atoms with E-state index in [1.54, 1.807) is 0 Å². The molecule has 4 rings (SSSR count). The normalized spacial score (nSPS) is 12.2. The molecule has 0 aliphatic heterocycles. The van der Waals surface area contributed by atoms with E-state index < -0.39 is 11.6 Å². The van der Waals surface area contributed by atoms with Gasteiger partial charge in [0.2, 0.25) is 0 Å². The number of ether oxygens (including phenoxy) is 2. The lowest BCUT2D eigenvalue weighted by molar-refractivity contribution is -0.155. The van der Waals surface area contributed by atoms with E-state index in [0.717, 1.165) is 16.7 Å². The van der Waals surface area contributed by atoms with Crippen molar-refractivity contribution in [3.05, 3.63) is 120 Å². The number of carbonyl (C=O) groups is 1. The van der Waals surface area contributed by atoms with Gasteiger partial charge in [-0.15, -0.1) is 0 Å². The monoisotopic (exact) mass is 521 g/mol. The Morgan fingerprint density at radius 1 is 0.789 bits per heavy atom. The Hall–Kier alpha value is -3.94. The zero-order valence-corrected chi connectivity index (χ0v) is 23.2. The van der Waals surface area contributed by atoms with Gasteiger partial charge in [0.25, 0.3) is 0 Å². The van der Waals surface area contributed by atoms with E-state index in [-0.39, 0.29) is 17.5 Å². The molecular weight excluding hydrogens is 488 g/mol. The number of carbonyl (C=O) groups excluding carboxylic acids is 1. The quantitative estimate of drug-likeness (QED) is 0.136. The molecule has 0 amide bonds. The van der Waals surface area contributed by atoms with Crippen LogP contribution in [0, 0.1) is 25.7 Å². The van der Waals surface area contributed by atoms with Crippen LogP contribution in [0.25, 0.3) is 0 Å². The molecule has 0 N–H and O–H groups in total. The lowest BCUT2D eigenvalue weighted by Gasteiger charge is -2.23. The molecule has 4 aromatic carbocycles. The summed E-state index contributed by atoms with van der Waals surface area (Å²) in [6.07, 6.45) is 0.576. The number of hydrogen-bond donors (Lipinski definition) is 0. The summed E-state index contributed by atoms with van der Waals surface area (Å²) in [5.74, 6) is 6.50. The molecule has 0 bridgehead atoms. The second-order valence-corrected chi connectivity index (χ2v) is 11.3. The van der Waals surface area contributed by atoms with Gasteiger partial charge in [-0.1, -0.05) is 73.4 Å². The SMILES string of the molecule is CCC(C)(C#Cc1ccccc1)OC(=O)COc1c(C)cc([S+](c2ccccc2)c2ccccc2)cc1C. The second-order valence-electron chi connectivity index (χ2n) is 9.28. The Kier molecular flexibility index (Phi) is 8.94. The lowest BCUT2D eigenvalue weighted by atomic mass is 10.0. The van der Waals surface area contributed by atoms with Gasteiger partial charge in [0.05, 0.1) is 10.9 Å². The number of aryl methyl sites for hydroxylation is 2. The van der Waals surface area contributed by atoms with Gasteiger partial charge in [0.1, 0.15) is 5.75 Å². The van der Waals surface area contributed by atoms with E-state index in [9.17, 15) is 4.79 Å². The molecule has 1 unspecified atom stereocenters. The summed E-state index contributed by atoms with van der Waals surface area (Å²) in [5, 5.41) is 0. The molecule has 0 radical (unpaired) electrons. The van der Waals surface area contributed by atoms with Gasteiger partial charge in [-0.05, 0) is 74.7 Å². The second kappa shape index (κ2) is 12.5. The summed E-state index contributed by atoms with van der Waals surface area (Å²) in [5.41, 5.74) is 1.97. The molecule has 3 nitrogen and oxygen atoms in total. The van der Waals surface area contributed by atoms with Crippen LogP contribution < -0.4 is 4.74 Å². The first-order valence-electron chi connectivity index (χ1n) is 12.8. The maximum absolute atomic E-state index is 12.8. The standard InChI is InChI=1S/C34H33O3S/c1-5-34(4,22-21-28-15-9-6-10-16-28)37-32(35)25-36-33-26(2)23-31(24-27(33)3)38(29-17-11-7-12-18-29)30-19-13-8-14-20-30/h6-20,23-24H,5,25H2,1-4H3/q+1. The average molecular weight is 522 g/mol. The molecule has 192 valence electrons. The third-order valence-corrected chi connectivity index (χ3v) is 8.41. The van der Waals surface area contributed by atoms with Crippen LogP contribution >= 0.6 is 0 Å². The fraction of sp³-hybridized carbons (Fsp3) is 0.206. The average Bonchev–Trinajstić information content (AvgIpc) is 2.93. The zero-order chi connectivity index (χ0) is 27.0. The summed E-state index contributed by atoms with van der Waals surface area (Å²) in [7, 11) is -0.252. The number of rotatable bonds is 8. The molecule has 1 atom stereocenters. The molecular formula is C34H33O3S+. The van der Waals surface area contributed by atoms with Crippen molar-refractivity contribution in [3.63, 3.8) is 0 Å². The van der Waals surface area contributed by atoms with Crippen LogP contribution in [0.5, 0.6) is 5.75 Å². The molecule has 38 heavy (non-hydrogen) atoms. The molecule has 4 heteroatoms. The van der Waals surface area contributed by atoms with E-state index >= 15 is 0 Å². The molecule has 0 spiro atoms. The van der Waals surface area contributed by atoms with Gasteiger partial charge in [0.15, 0.2) is 26.9 Å². The van der Waals surface area contributed by atoms with E-state index in [2.05, 4.69) is 72.5 Å². The van der Waals surface area contributed by atoms with Crippen molar-refractivity contribution in [2.24, 2.45) is 0 Å². The summed E-state index contributed by atoms with van der Waals surface area (Å²) < 4.78 is 11.8. The largest absolute Gasteiger partial charge is 0.481 e. The van der Waals surface area contributed by atoms with Crippen molar-refractivity contribution in [1.82, 2.24) is 0 Å². The number of benzene rings is 4. The van der Waals surface area contributed by atoms with Gasteiger partial charge < -0.3 is 9.47 Å². The first-order chi connectivity index (χ1) is 18.4. The predicted molar refractivity (Wildman–Crippen MR) is 155 cm³/mol. The highest BCUT2D eigenvalue weighted by Crippen LogP contribution is 2.35. The summed E-state index contributed by atoms with van der Waals surface area (Å²) >= 11 is 0. The highest BCUT2D eigenvalue weighted by molar-refractivity contribution is 7.97. The molecule has 0 saturated heterocycles. The molecule has 0 saturated carbocycles. The van der Waals surface area contributed by atoms with Crippen LogP contribution in [-0.4, -0.2) is 18.2 Å². The highest BCUT2D eigenvalue weighted by Gasteiger charge is 2.30. The van der Waals surface area contributed by atoms with Crippen molar-refractivity contribution in [2.75, 3.05) is 6.61 Å². The van der Waals surface area contributed by atoms with Crippen LogP contribution in [0.3, 0.4) is 0 Å². The maximum atomic E-state index is 12.8. The molecule has 0 fully saturated rings. The maximum Gasteiger partial charge on any atom is 0.345 e. The Labute approximate surface area is 229 Å². The Balaban J connectivity index is 1.50. The van der Waals surface area contributed by atoms with Crippen molar-refractivity contribution >= 4 is 16.9 Å². The molecule has 0 heterocycles. The van der Waals surface area contributed by atoms with Crippen LogP contribution in [0.4, 0.5) is 0 Å². The fourth-order valence-electron chi connectivity index (χ4n) is 4.10. The van der Waals surface area contributed by atoms with E-state index in [1.807, 2.05) is 70.2 Å². The Morgan fingerprint density at radius 3 is 1.79 bits per heavy atom. The first-order valence-corrected chi connectivity index (χ1v) is 14.0. The summed E-state index contributed by atoms with van der Waals surface area (Å²) in [4.78, 5) is 16.5. The summed E-state index contributed by atoms with van der Waals surface area (Å²) in [6.45, 7) is 7.66. The third-order valence-electron chi connectivity index (χ3n) is 6.22. The molecule has 0 aliphatic rings. The molecule has 0 aliphatic carbocycles. The van der Waals surface area contributed by atoms with E-state index in [0.29, 0.717) is 12.2 Å². The minimum atomic E-state index is -0.885. The van der Waals surface area contributed by atoms with Crippen LogP contribution in [0.15, 0.2) is 118 Å². The van der Waals surface area contributed by atoms with Crippen LogP contribution in [0.1, 0.15) is 37.0 Å². The zero-order valence-electron chi connectivity index (χ0n) is 22.4. The Bertz CT molecular complexity index is 1360. The lowest BCUT2D eigenvalue weighted by Crippen LogP contribution is -2.32. The Morgan fingerprint density at radius 2 is 1.29 bits per heavy atom. The van der Waals surface area contributed by atoms with Crippen molar-refractivity contribution in [3.8, 4) is 17.6 Å². The summed E-state index contributed by atoms with van der Waals surface area (Å²) in [6, 6.07) is 35.1. The predicted octanol–water partition coefficient (Wildman–Crippen LogP) is 7.54. The number of esters is 1. The smallest absolute Gasteiger partial charge is 0.345 e. The minimum Gasteiger partial charge on any atom is -0.481 e. The topological polar surface area (TPSA) is 35.5 Å². The van der Waals surface area contributed by atoms with Gasteiger partial charge >= 0.3 is 5.97 Å². The number of hydrogen-bond acceptors (Lipinski definition) is 3. The third kappa shape index (κ3) is 6.88. The van der Waals surface area contributed by atoms with Gasteiger partial charge in [-0.3, -0.25) is 0 Å². The van der Waals surface area contributed by atoms with Gasteiger partial charge in [-0.2, -0.15) is 0 Å². The van der Waals surface area contributed by atoms with Crippen LogP contribution in [-0.2, 0) is 20.4 Å². The highest BCUT2D eigenvalue weighted by atomic mass is 32.2. The minimum absolute atomic E-state index is 0.174. The van der Waals surface area contributed by atoms with Crippen molar-refractivity contribution < 1.29 is 14.3 Å². The van der Waals surface area contributed by atoms with Crippen molar-refractivity contribution in [1.29, 1.82) is 0 Å². The molecule has 4 aromatic rings. The van der Waals surface area contributed by atoms with Crippen LogP contribution in [0.2, 0.25) is 0 Å². The first kappa shape index (κ1) is 27.1. The van der Waals surface area contributed by atoms with Crippen molar-refractivity contribution in [2.45, 2.75) is 54.4 Å². The molecule has 0 aromatic heterocycles. The van der Waals surface area contributed by atoms with Gasteiger partial charge in [-0.25, -0.2) is 4.79 Å².